The quantitative estimate of drug-likeness (QED) is 0.594. The van der Waals surface area contributed by atoms with Crippen molar-refractivity contribution in [3.05, 3.63) is 35.4 Å². The van der Waals surface area contributed by atoms with Crippen molar-refractivity contribution in [3.8, 4) is 0 Å². The molecule has 0 aliphatic heterocycles. The number of rotatable bonds is 11. The zero-order valence-corrected chi connectivity index (χ0v) is 14.3. The normalized spacial score (nSPS) is 12.6. The first kappa shape index (κ1) is 17.6. The van der Waals surface area contributed by atoms with E-state index in [2.05, 4.69) is 62.1 Å². The highest BCUT2D eigenvalue weighted by Crippen LogP contribution is 2.16. The van der Waals surface area contributed by atoms with Crippen LogP contribution in [0.15, 0.2) is 24.3 Å². The number of aryl methyl sites for hydroxylation is 1. The van der Waals surface area contributed by atoms with E-state index in [-0.39, 0.29) is 0 Å². The summed E-state index contributed by atoms with van der Waals surface area (Å²) < 4.78 is 0. The van der Waals surface area contributed by atoms with Crippen LogP contribution in [0.5, 0.6) is 0 Å². The van der Waals surface area contributed by atoms with Crippen LogP contribution in [-0.4, -0.2) is 24.6 Å². The third kappa shape index (κ3) is 7.96. The molecule has 1 unspecified atom stereocenters. The highest BCUT2D eigenvalue weighted by Gasteiger charge is 2.09. The zero-order chi connectivity index (χ0) is 14.6. The second kappa shape index (κ2) is 11.2. The molecule has 0 bridgehead atoms. The molecule has 1 rings (SSSR count). The fourth-order valence-electron chi connectivity index (χ4n) is 2.44. The fraction of sp³-hybridized carbons (Fsp3) is 0.667. The van der Waals surface area contributed by atoms with Crippen molar-refractivity contribution < 1.29 is 0 Å². The van der Waals surface area contributed by atoms with Gasteiger partial charge < -0.3 is 5.32 Å². The molecule has 0 aliphatic rings. The average Bonchev–Trinajstić information content (AvgIpc) is 2.46. The molecule has 114 valence electrons. The molecule has 0 heterocycles. The van der Waals surface area contributed by atoms with Gasteiger partial charge in [0.15, 0.2) is 0 Å². The van der Waals surface area contributed by atoms with E-state index in [1.165, 1.54) is 54.9 Å². The van der Waals surface area contributed by atoms with Crippen molar-refractivity contribution in [2.75, 3.05) is 24.6 Å². The summed E-state index contributed by atoms with van der Waals surface area (Å²) in [6.45, 7) is 8.95. The van der Waals surface area contributed by atoms with E-state index >= 15 is 0 Å². The lowest BCUT2D eigenvalue weighted by Gasteiger charge is -2.18. The van der Waals surface area contributed by atoms with Gasteiger partial charge in [0.25, 0.3) is 0 Å². The lowest BCUT2D eigenvalue weighted by molar-refractivity contribution is 0.440. The van der Waals surface area contributed by atoms with Crippen LogP contribution in [0, 0.1) is 12.8 Å². The molecule has 1 N–H and O–H groups in total. The molecular weight excluding hydrogens is 262 g/mol. The van der Waals surface area contributed by atoms with Crippen LogP contribution in [0.2, 0.25) is 0 Å². The van der Waals surface area contributed by atoms with Crippen molar-refractivity contribution in [1.82, 2.24) is 5.32 Å². The Balaban J connectivity index is 2.41. The molecule has 2 heteroatoms. The molecule has 0 spiro atoms. The Morgan fingerprint density at radius 2 is 1.90 bits per heavy atom. The third-order valence-corrected chi connectivity index (χ3v) is 4.60. The van der Waals surface area contributed by atoms with E-state index in [1.54, 1.807) is 0 Å². The molecule has 0 saturated heterocycles. The largest absolute Gasteiger partial charge is 0.316 e. The molecule has 1 aromatic carbocycles. The van der Waals surface area contributed by atoms with Crippen molar-refractivity contribution in [3.63, 3.8) is 0 Å². The topological polar surface area (TPSA) is 12.0 Å². The first-order chi connectivity index (χ1) is 9.76. The first-order valence-corrected chi connectivity index (χ1v) is 9.25. The maximum Gasteiger partial charge on any atom is -0.00173 e. The minimum Gasteiger partial charge on any atom is -0.316 e. The van der Waals surface area contributed by atoms with Gasteiger partial charge in [-0.25, -0.2) is 0 Å². The van der Waals surface area contributed by atoms with E-state index in [1.807, 2.05) is 0 Å². The lowest BCUT2D eigenvalue weighted by Crippen LogP contribution is -2.25. The zero-order valence-electron chi connectivity index (χ0n) is 13.5. The van der Waals surface area contributed by atoms with Crippen LogP contribution >= 0.6 is 11.8 Å². The van der Waals surface area contributed by atoms with Crippen LogP contribution in [-0.2, 0) is 6.42 Å². The predicted octanol–water partition coefficient (Wildman–Crippen LogP) is 4.69. The summed E-state index contributed by atoms with van der Waals surface area (Å²) in [6.07, 6.45) is 5.14. The van der Waals surface area contributed by atoms with Crippen molar-refractivity contribution in [2.45, 2.75) is 46.5 Å². The monoisotopic (exact) mass is 293 g/mol. The van der Waals surface area contributed by atoms with Crippen molar-refractivity contribution >= 4 is 11.8 Å². The van der Waals surface area contributed by atoms with Crippen LogP contribution in [0.1, 0.15) is 44.2 Å². The summed E-state index contributed by atoms with van der Waals surface area (Å²) in [7, 11) is 0. The molecule has 0 saturated carbocycles. The Labute approximate surface area is 129 Å². The standard InChI is InChI=1S/C18H31NS/c1-4-12-19-15-18(7-6-13-20-5-2)14-17-10-8-16(3)9-11-17/h8-11,18-19H,4-7,12-15H2,1-3H3. The smallest absolute Gasteiger partial charge is 0.00173 e. The van der Waals surface area contributed by atoms with E-state index in [0.717, 1.165) is 12.5 Å². The minimum atomic E-state index is 0.779. The third-order valence-electron chi connectivity index (χ3n) is 3.61. The molecule has 0 amide bonds. The van der Waals surface area contributed by atoms with Crippen LogP contribution < -0.4 is 5.32 Å². The summed E-state index contributed by atoms with van der Waals surface area (Å²) >= 11 is 2.07. The molecule has 0 aromatic heterocycles. The molecule has 0 fully saturated rings. The second-order valence-electron chi connectivity index (χ2n) is 5.60. The van der Waals surface area contributed by atoms with Gasteiger partial charge in [-0.05, 0) is 68.7 Å². The van der Waals surface area contributed by atoms with Gasteiger partial charge in [-0.15, -0.1) is 0 Å². The molecule has 1 aromatic rings. The van der Waals surface area contributed by atoms with E-state index in [4.69, 9.17) is 0 Å². The first-order valence-electron chi connectivity index (χ1n) is 8.10. The number of hydrogen-bond donors (Lipinski definition) is 1. The molecule has 1 atom stereocenters. The molecule has 1 nitrogen and oxygen atoms in total. The Kier molecular flexibility index (Phi) is 9.86. The van der Waals surface area contributed by atoms with Gasteiger partial charge in [-0.2, -0.15) is 11.8 Å². The lowest BCUT2D eigenvalue weighted by atomic mass is 9.94. The number of thioether (sulfide) groups is 1. The van der Waals surface area contributed by atoms with Crippen LogP contribution in [0.25, 0.3) is 0 Å². The van der Waals surface area contributed by atoms with Crippen LogP contribution in [0.4, 0.5) is 0 Å². The van der Waals surface area contributed by atoms with Crippen LogP contribution in [0.3, 0.4) is 0 Å². The van der Waals surface area contributed by atoms with Gasteiger partial charge in [-0.1, -0.05) is 43.7 Å². The van der Waals surface area contributed by atoms with Gasteiger partial charge in [-0.3, -0.25) is 0 Å². The highest BCUT2D eigenvalue weighted by molar-refractivity contribution is 7.99. The summed E-state index contributed by atoms with van der Waals surface area (Å²) in [5.74, 6) is 3.34. The Hall–Kier alpha value is -0.470. The van der Waals surface area contributed by atoms with Gasteiger partial charge in [0.2, 0.25) is 0 Å². The summed E-state index contributed by atoms with van der Waals surface area (Å²) in [6, 6.07) is 9.06. The van der Waals surface area contributed by atoms with Gasteiger partial charge >= 0.3 is 0 Å². The van der Waals surface area contributed by atoms with E-state index in [9.17, 15) is 0 Å². The van der Waals surface area contributed by atoms with E-state index < -0.39 is 0 Å². The maximum atomic E-state index is 3.60. The number of nitrogens with one attached hydrogen (secondary N) is 1. The number of hydrogen-bond acceptors (Lipinski definition) is 2. The molecule has 0 radical (unpaired) electrons. The fourth-order valence-corrected chi connectivity index (χ4v) is 3.09. The summed E-state index contributed by atoms with van der Waals surface area (Å²) in [5.41, 5.74) is 2.84. The second-order valence-corrected chi connectivity index (χ2v) is 6.99. The maximum absolute atomic E-state index is 3.60. The molecule has 0 aliphatic carbocycles. The molecule has 20 heavy (non-hydrogen) atoms. The Morgan fingerprint density at radius 1 is 1.15 bits per heavy atom. The summed E-state index contributed by atoms with van der Waals surface area (Å²) in [4.78, 5) is 0. The predicted molar refractivity (Wildman–Crippen MR) is 93.8 cm³/mol. The summed E-state index contributed by atoms with van der Waals surface area (Å²) in [5, 5.41) is 3.60. The minimum absolute atomic E-state index is 0.779. The van der Waals surface area contributed by atoms with Crippen molar-refractivity contribution in [1.29, 1.82) is 0 Å². The van der Waals surface area contributed by atoms with Gasteiger partial charge in [0, 0.05) is 0 Å². The van der Waals surface area contributed by atoms with Gasteiger partial charge in [0.1, 0.15) is 0 Å². The molecular formula is C18H31NS. The number of benzene rings is 1. The van der Waals surface area contributed by atoms with Crippen molar-refractivity contribution in [2.24, 2.45) is 5.92 Å². The Bertz CT molecular complexity index is 334. The Morgan fingerprint density at radius 3 is 2.55 bits per heavy atom. The van der Waals surface area contributed by atoms with Gasteiger partial charge in [0.05, 0.1) is 0 Å². The SMILES string of the molecule is CCCNCC(CCCSCC)Cc1ccc(C)cc1. The average molecular weight is 294 g/mol. The van der Waals surface area contributed by atoms with E-state index in [0.29, 0.717) is 0 Å². The highest BCUT2D eigenvalue weighted by atomic mass is 32.2.